The normalized spacial score (nSPS) is 15.8. The third-order valence-corrected chi connectivity index (χ3v) is 2.78. The molecule has 1 aliphatic rings. The quantitative estimate of drug-likeness (QED) is 0.746. The molecule has 17 heavy (non-hydrogen) atoms. The molecule has 1 fully saturated rings. The summed E-state index contributed by atoms with van der Waals surface area (Å²) in [6.07, 6.45) is 0. The van der Waals surface area contributed by atoms with E-state index in [9.17, 15) is 9.18 Å². The van der Waals surface area contributed by atoms with Crippen LogP contribution in [0.25, 0.3) is 0 Å². The van der Waals surface area contributed by atoms with Gasteiger partial charge < -0.3 is 9.64 Å². The van der Waals surface area contributed by atoms with Crippen LogP contribution in [0.4, 0.5) is 14.9 Å². The molecule has 0 saturated carbocycles. The molecule has 2 rings (SSSR count). The first-order valence-corrected chi connectivity index (χ1v) is 5.55. The van der Waals surface area contributed by atoms with Crippen LogP contribution in [0.3, 0.4) is 0 Å². The molecular formula is C12H15FN2O2. The lowest BCUT2D eigenvalue weighted by Gasteiger charge is -2.31. The Morgan fingerprint density at radius 3 is 2.65 bits per heavy atom. The van der Waals surface area contributed by atoms with Crippen LogP contribution >= 0.6 is 0 Å². The van der Waals surface area contributed by atoms with Crippen molar-refractivity contribution < 1.29 is 13.9 Å². The summed E-state index contributed by atoms with van der Waals surface area (Å²) in [5.74, 6) is -0.392. The molecule has 0 aromatic heterocycles. The van der Waals surface area contributed by atoms with Crippen molar-refractivity contribution in [3.63, 3.8) is 0 Å². The molecule has 0 radical (unpaired) electrons. The molecule has 1 saturated heterocycles. The predicted molar refractivity (Wildman–Crippen MR) is 62.6 cm³/mol. The lowest BCUT2D eigenvalue weighted by molar-refractivity contribution is 0.0551. The number of halogens is 1. The predicted octanol–water partition coefficient (Wildman–Crippen LogP) is 1.71. The maximum Gasteiger partial charge on any atom is 0.324 e. The highest BCUT2D eigenvalue weighted by Crippen LogP contribution is 2.18. The molecule has 1 aromatic carbocycles. The number of rotatable bonds is 1. The molecule has 1 heterocycles. The molecule has 0 spiro atoms. The van der Waals surface area contributed by atoms with Crippen LogP contribution in [0.15, 0.2) is 24.3 Å². The highest BCUT2D eigenvalue weighted by molar-refractivity contribution is 5.91. The smallest absolute Gasteiger partial charge is 0.324 e. The molecule has 0 bridgehead atoms. The summed E-state index contributed by atoms with van der Waals surface area (Å²) in [6.45, 7) is 2.18. The van der Waals surface area contributed by atoms with Gasteiger partial charge in [0, 0.05) is 20.1 Å². The van der Waals surface area contributed by atoms with Gasteiger partial charge in [0.2, 0.25) is 0 Å². The number of ether oxygens (including phenoxy) is 1. The number of hydrogen-bond acceptors (Lipinski definition) is 2. The van der Waals surface area contributed by atoms with Crippen molar-refractivity contribution in [1.29, 1.82) is 0 Å². The zero-order chi connectivity index (χ0) is 12.3. The summed E-state index contributed by atoms with van der Waals surface area (Å²) in [5.41, 5.74) is 0.295. The van der Waals surface area contributed by atoms with Gasteiger partial charge in [0.05, 0.1) is 18.9 Å². The van der Waals surface area contributed by atoms with E-state index < -0.39 is 5.82 Å². The minimum absolute atomic E-state index is 0.196. The number of hydrogen-bond donors (Lipinski definition) is 0. The third-order valence-electron chi connectivity index (χ3n) is 2.78. The summed E-state index contributed by atoms with van der Waals surface area (Å²) < 4.78 is 18.7. The summed E-state index contributed by atoms with van der Waals surface area (Å²) in [7, 11) is 1.58. The second kappa shape index (κ2) is 5.14. The lowest BCUT2D eigenvalue weighted by atomic mass is 10.3. The van der Waals surface area contributed by atoms with E-state index in [1.807, 2.05) is 0 Å². The molecule has 0 aliphatic carbocycles. The number of morpholine rings is 1. The molecular weight excluding hydrogens is 223 g/mol. The molecule has 0 N–H and O–H groups in total. The number of amides is 2. The fourth-order valence-electron chi connectivity index (χ4n) is 1.79. The van der Waals surface area contributed by atoms with Gasteiger partial charge in [-0.25, -0.2) is 9.18 Å². The Morgan fingerprint density at radius 1 is 1.35 bits per heavy atom. The van der Waals surface area contributed by atoms with Gasteiger partial charge in [0.1, 0.15) is 5.82 Å². The van der Waals surface area contributed by atoms with Gasteiger partial charge in [-0.1, -0.05) is 12.1 Å². The zero-order valence-electron chi connectivity index (χ0n) is 9.73. The van der Waals surface area contributed by atoms with Gasteiger partial charge in [-0.3, -0.25) is 4.90 Å². The van der Waals surface area contributed by atoms with E-state index in [1.54, 1.807) is 30.1 Å². The Morgan fingerprint density at radius 2 is 2.00 bits per heavy atom. The van der Waals surface area contributed by atoms with E-state index in [0.717, 1.165) is 0 Å². The van der Waals surface area contributed by atoms with Crippen LogP contribution in [0, 0.1) is 5.82 Å². The Kier molecular flexibility index (Phi) is 3.58. The van der Waals surface area contributed by atoms with E-state index in [2.05, 4.69) is 0 Å². The van der Waals surface area contributed by atoms with Gasteiger partial charge in [0.25, 0.3) is 0 Å². The molecule has 5 heteroatoms. The number of carbonyl (C=O) groups excluding carboxylic acids is 1. The Hall–Kier alpha value is -1.62. The van der Waals surface area contributed by atoms with Crippen LogP contribution in [-0.2, 0) is 4.74 Å². The summed E-state index contributed by atoms with van der Waals surface area (Å²) in [4.78, 5) is 15.1. The fourth-order valence-corrected chi connectivity index (χ4v) is 1.79. The SMILES string of the molecule is CN(C(=O)N1CCOCC1)c1ccccc1F. The van der Waals surface area contributed by atoms with Crippen molar-refractivity contribution in [2.75, 3.05) is 38.3 Å². The second-order valence-corrected chi connectivity index (χ2v) is 3.89. The van der Waals surface area contributed by atoms with Crippen LogP contribution < -0.4 is 4.90 Å². The van der Waals surface area contributed by atoms with E-state index >= 15 is 0 Å². The monoisotopic (exact) mass is 238 g/mol. The van der Waals surface area contributed by atoms with E-state index in [4.69, 9.17) is 4.74 Å². The molecule has 92 valence electrons. The van der Waals surface area contributed by atoms with Gasteiger partial charge >= 0.3 is 6.03 Å². The van der Waals surface area contributed by atoms with Gasteiger partial charge in [0.15, 0.2) is 0 Å². The topological polar surface area (TPSA) is 32.8 Å². The number of urea groups is 1. The minimum Gasteiger partial charge on any atom is -0.378 e. The molecule has 4 nitrogen and oxygen atoms in total. The third kappa shape index (κ3) is 2.55. The zero-order valence-corrected chi connectivity index (χ0v) is 9.73. The summed E-state index contributed by atoms with van der Waals surface area (Å²) >= 11 is 0. The number of para-hydroxylation sites is 1. The maximum absolute atomic E-state index is 13.5. The maximum atomic E-state index is 13.5. The van der Waals surface area contributed by atoms with E-state index in [0.29, 0.717) is 32.0 Å². The standard InChI is InChI=1S/C12H15FN2O2/c1-14(11-5-3-2-4-10(11)13)12(16)15-6-8-17-9-7-15/h2-5H,6-9H2,1H3. The Bertz CT molecular complexity index is 405. The highest BCUT2D eigenvalue weighted by atomic mass is 19.1. The van der Waals surface area contributed by atoms with Crippen molar-refractivity contribution >= 4 is 11.7 Å². The Labute approximate surface area is 99.6 Å². The van der Waals surface area contributed by atoms with Crippen molar-refractivity contribution in [2.24, 2.45) is 0 Å². The van der Waals surface area contributed by atoms with Crippen LogP contribution in [0.5, 0.6) is 0 Å². The van der Waals surface area contributed by atoms with Crippen LogP contribution in [-0.4, -0.2) is 44.3 Å². The van der Waals surface area contributed by atoms with Gasteiger partial charge in [-0.15, -0.1) is 0 Å². The van der Waals surface area contributed by atoms with E-state index in [-0.39, 0.29) is 6.03 Å². The van der Waals surface area contributed by atoms with Crippen LogP contribution in [0.2, 0.25) is 0 Å². The molecule has 0 atom stereocenters. The highest BCUT2D eigenvalue weighted by Gasteiger charge is 2.22. The van der Waals surface area contributed by atoms with Crippen molar-refractivity contribution in [3.05, 3.63) is 30.1 Å². The fraction of sp³-hybridized carbons (Fsp3) is 0.417. The number of carbonyl (C=O) groups is 1. The number of anilines is 1. The van der Waals surface area contributed by atoms with Crippen molar-refractivity contribution in [3.8, 4) is 0 Å². The molecule has 1 aliphatic heterocycles. The largest absolute Gasteiger partial charge is 0.378 e. The molecule has 1 aromatic rings. The first kappa shape index (κ1) is 11.9. The van der Waals surface area contributed by atoms with Crippen LogP contribution in [0.1, 0.15) is 0 Å². The van der Waals surface area contributed by atoms with Gasteiger partial charge in [-0.2, -0.15) is 0 Å². The van der Waals surface area contributed by atoms with Crippen molar-refractivity contribution in [1.82, 2.24) is 4.90 Å². The summed E-state index contributed by atoms with van der Waals surface area (Å²) in [5, 5.41) is 0. The summed E-state index contributed by atoms with van der Waals surface area (Å²) in [6, 6.07) is 6.05. The first-order chi connectivity index (χ1) is 8.20. The van der Waals surface area contributed by atoms with E-state index in [1.165, 1.54) is 11.0 Å². The Balaban J connectivity index is 2.11. The average Bonchev–Trinajstić information content (AvgIpc) is 2.39. The number of nitrogens with zero attached hydrogens (tertiary/aromatic N) is 2. The lowest BCUT2D eigenvalue weighted by Crippen LogP contribution is -2.47. The van der Waals surface area contributed by atoms with Crippen molar-refractivity contribution in [2.45, 2.75) is 0 Å². The molecule has 2 amide bonds. The minimum atomic E-state index is -0.392. The first-order valence-electron chi connectivity index (χ1n) is 5.55. The number of benzene rings is 1. The molecule has 0 unspecified atom stereocenters. The second-order valence-electron chi connectivity index (χ2n) is 3.89. The average molecular weight is 238 g/mol. The van der Waals surface area contributed by atoms with Gasteiger partial charge in [-0.05, 0) is 12.1 Å².